The summed E-state index contributed by atoms with van der Waals surface area (Å²) in [7, 11) is 0. The summed E-state index contributed by atoms with van der Waals surface area (Å²) in [5.74, 6) is 1.70. The second-order valence-corrected chi connectivity index (χ2v) is 7.84. The van der Waals surface area contributed by atoms with E-state index < -0.39 is 0 Å². The van der Waals surface area contributed by atoms with Gasteiger partial charge in [0.05, 0.1) is 11.7 Å². The average Bonchev–Trinajstić information content (AvgIpc) is 3.24. The minimum absolute atomic E-state index is 0.232. The van der Waals surface area contributed by atoms with Gasteiger partial charge < -0.3 is 5.32 Å². The molecule has 7 heteroatoms. The van der Waals surface area contributed by atoms with Crippen molar-refractivity contribution in [2.75, 3.05) is 11.9 Å². The molecule has 1 fully saturated rings. The molecule has 1 aliphatic rings. The summed E-state index contributed by atoms with van der Waals surface area (Å²) in [6, 6.07) is 8.26. The molecule has 3 aromatic heterocycles. The van der Waals surface area contributed by atoms with Gasteiger partial charge in [0.15, 0.2) is 5.13 Å². The fraction of sp³-hybridized carbons (Fsp3) is 0.368. The van der Waals surface area contributed by atoms with Crippen molar-refractivity contribution in [3.63, 3.8) is 0 Å². The van der Waals surface area contributed by atoms with Crippen molar-refractivity contribution in [1.82, 2.24) is 24.8 Å². The number of nitrogens with zero attached hydrogens (tertiary/aromatic N) is 5. The number of hydrogen-bond acceptors (Lipinski definition) is 7. The zero-order chi connectivity index (χ0) is 17.9. The van der Waals surface area contributed by atoms with Crippen molar-refractivity contribution in [2.45, 2.75) is 39.3 Å². The third kappa shape index (κ3) is 3.89. The molecule has 4 heterocycles. The van der Waals surface area contributed by atoms with E-state index in [0.29, 0.717) is 0 Å². The number of anilines is 2. The lowest BCUT2D eigenvalue weighted by molar-refractivity contribution is 0.237. The third-order valence-corrected chi connectivity index (χ3v) is 5.31. The van der Waals surface area contributed by atoms with Gasteiger partial charge in [-0.3, -0.25) is 9.88 Å². The predicted molar refractivity (Wildman–Crippen MR) is 104 cm³/mol. The third-order valence-electron chi connectivity index (χ3n) is 4.48. The Morgan fingerprint density at radius 3 is 2.92 bits per heavy atom. The van der Waals surface area contributed by atoms with E-state index >= 15 is 0 Å². The van der Waals surface area contributed by atoms with Gasteiger partial charge >= 0.3 is 0 Å². The van der Waals surface area contributed by atoms with Crippen LogP contribution < -0.4 is 5.32 Å². The van der Waals surface area contributed by atoms with Crippen molar-refractivity contribution in [3.05, 3.63) is 58.7 Å². The van der Waals surface area contributed by atoms with Gasteiger partial charge in [-0.25, -0.2) is 15.0 Å². The molecule has 1 N–H and O–H groups in total. The molecule has 0 saturated carbocycles. The standard InChI is InChI=1S/C19H22N6S/c1-13-10-17(24-19-21-11-14(2)26-19)23-18(22-13)16-7-5-9-25(16)12-15-6-3-4-8-20-15/h3-4,6,8,10-11,16H,5,7,9,12H2,1-2H3,(H,21,22,23,24)/t16-/m0/s1. The topological polar surface area (TPSA) is 66.8 Å². The zero-order valence-electron chi connectivity index (χ0n) is 15.0. The zero-order valence-corrected chi connectivity index (χ0v) is 15.8. The molecule has 0 unspecified atom stereocenters. The molecule has 1 atom stereocenters. The van der Waals surface area contributed by atoms with Gasteiger partial charge in [-0.1, -0.05) is 6.07 Å². The SMILES string of the molecule is Cc1cc(Nc2ncc(C)s2)nc([C@@H]2CCCN2Cc2ccccn2)n1. The normalized spacial score (nSPS) is 17.5. The number of hydrogen-bond donors (Lipinski definition) is 1. The largest absolute Gasteiger partial charge is 0.316 e. The average molecular weight is 366 g/mol. The van der Waals surface area contributed by atoms with Gasteiger partial charge in [0, 0.05) is 35.6 Å². The van der Waals surface area contributed by atoms with Gasteiger partial charge in [0.1, 0.15) is 11.6 Å². The van der Waals surface area contributed by atoms with Crippen LogP contribution in [0.5, 0.6) is 0 Å². The number of thiazole rings is 1. The first-order valence-electron chi connectivity index (χ1n) is 8.86. The van der Waals surface area contributed by atoms with E-state index in [1.165, 1.54) is 4.88 Å². The molecule has 26 heavy (non-hydrogen) atoms. The highest BCUT2D eigenvalue weighted by molar-refractivity contribution is 7.15. The van der Waals surface area contributed by atoms with E-state index in [-0.39, 0.29) is 6.04 Å². The number of aromatic nitrogens is 4. The molecule has 3 aromatic rings. The maximum absolute atomic E-state index is 4.79. The lowest BCUT2D eigenvalue weighted by Gasteiger charge is -2.23. The van der Waals surface area contributed by atoms with Crippen LogP contribution in [-0.2, 0) is 6.54 Å². The highest BCUT2D eigenvalue weighted by Gasteiger charge is 2.29. The van der Waals surface area contributed by atoms with Gasteiger partial charge in [-0.2, -0.15) is 0 Å². The highest BCUT2D eigenvalue weighted by Crippen LogP contribution is 2.32. The molecule has 4 rings (SSSR count). The predicted octanol–water partition coefficient (Wildman–Crippen LogP) is 4.03. The Kier molecular flexibility index (Phi) is 4.90. The maximum atomic E-state index is 4.79. The first kappa shape index (κ1) is 17.1. The summed E-state index contributed by atoms with van der Waals surface area (Å²) in [5, 5.41) is 4.18. The lowest BCUT2D eigenvalue weighted by Crippen LogP contribution is -2.25. The highest BCUT2D eigenvalue weighted by atomic mass is 32.1. The molecule has 0 spiro atoms. The Morgan fingerprint density at radius 1 is 1.23 bits per heavy atom. The van der Waals surface area contributed by atoms with E-state index in [4.69, 9.17) is 9.97 Å². The second kappa shape index (κ2) is 7.47. The molecule has 0 aliphatic carbocycles. The summed E-state index contributed by atoms with van der Waals surface area (Å²) in [5.41, 5.74) is 2.05. The Hall–Kier alpha value is -2.38. The van der Waals surface area contributed by atoms with Crippen LogP contribution in [0.15, 0.2) is 36.7 Å². The van der Waals surface area contributed by atoms with E-state index in [2.05, 4.69) is 26.3 Å². The van der Waals surface area contributed by atoms with Crippen molar-refractivity contribution in [1.29, 1.82) is 0 Å². The molecular weight excluding hydrogens is 344 g/mol. The molecule has 6 nitrogen and oxygen atoms in total. The van der Waals surface area contributed by atoms with E-state index in [1.54, 1.807) is 11.3 Å². The van der Waals surface area contributed by atoms with Crippen LogP contribution in [0, 0.1) is 13.8 Å². The van der Waals surface area contributed by atoms with Gasteiger partial charge in [-0.15, -0.1) is 11.3 Å². The van der Waals surface area contributed by atoms with Crippen LogP contribution in [-0.4, -0.2) is 31.4 Å². The molecule has 1 saturated heterocycles. The number of nitrogens with one attached hydrogen (secondary N) is 1. The number of aryl methyl sites for hydroxylation is 2. The molecule has 134 valence electrons. The quantitative estimate of drug-likeness (QED) is 0.735. The fourth-order valence-corrected chi connectivity index (χ4v) is 4.01. The molecule has 0 radical (unpaired) electrons. The lowest BCUT2D eigenvalue weighted by atomic mass is 10.2. The van der Waals surface area contributed by atoms with E-state index in [0.717, 1.165) is 54.1 Å². The molecule has 1 aliphatic heterocycles. The summed E-state index contributed by atoms with van der Waals surface area (Å²) >= 11 is 1.63. The van der Waals surface area contributed by atoms with E-state index in [9.17, 15) is 0 Å². The second-order valence-electron chi connectivity index (χ2n) is 6.60. The Labute approximate surface area is 157 Å². The first-order chi connectivity index (χ1) is 12.7. The Balaban J connectivity index is 1.55. The molecule has 0 amide bonds. The van der Waals surface area contributed by atoms with Crippen molar-refractivity contribution < 1.29 is 0 Å². The van der Waals surface area contributed by atoms with Crippen LogP contribution >= 0.6 is 11.3 Å². The Morgan fingerprint density at radius 2 is 2.15 bits per heavy atom. The first-order valence-corrected chi connectivity index (χ1v) is 9.68. The fourth-order valence-electron chi connectivity index (χ4n) is 3.33. The molecule has 0 aromatic carbocycles. The number of rotatable bonds is 5. The number of pyridine rings is 1. The smallest absolute Gasteiger partial charge is 0.188 e. The molecule has 0 bridgehead atoms. The summed E-state index contributed by atoms with van der Waals surface area (Å²) in [6.07, 6.45) is 5.95. The van der Waals surface area contributed by atoms with Crippen molar-refractivity contribution >= 4 is 22.3 Å². The van der Waals surface area contributed by atoms with Crippen LogP contribution in [0.3, 0.4) is 0 Å². The summed E-state index contributed by atoms with van der Waals surface area (Å²) in [6.45, 7) is 5.94. The summed E-state index contributed by atoms with van der Waals surface area (Å²) < 4.78 is 0. The van der Waals surface area contributed by atoms with E-state index in [1.807, 2.05) is 44.4 Å². The Bertz CT molecular complexity index is 879. The summed E-state index contributed by atoms with van der Waals surface area (Å²) in [4.78, 5) is 21.9. The van der Waals surface area contributed by atoms with Crippen LogP contribution in [0.25, 0.3) is 0 Å². The minimum Gasteiger partial charge on any atom is -0.316 e. The van der Waals surface area contributed by atoms with Crippen LogP contribution in [0.1, 0.15) is 41.0 Å². The number of likely N-dealkylation sites (tertiary alicyclic amines) is 1. The minimum atomic E-state index is 0.232. The van der Waals surface area contributed by atoms with Gasteiger partial charge in [0.2, 0.25) is 0 Å². The van der Waals surface area contributed by atoms with Crippen LogP contribution in [0.4, 0.5) is 10.9 Å². The van der Waals surface area contributed by atoms with Crippen molar-refractivity contribution in [3.8, 4) is 0 Å². The van der Waals surface area contributed by atoms with Crippen molar-refractivity contribution in [2.24, 2.45) is 0 Å². The monoisotopic (exact) mass is 366 g/mol. The molecular formula is C19H22N6S. The van der Waals surface area contributed by atoms with Gasteiger partial charge in [-0.05, 0) is 45.4 Å². The van der Waals surface area contributed by atoms with Crippen LogP contribution in [0.2, 0.25) is 0 Å². The maximum Gasteiger partial charge on any atom is 0.188 e. The van der Waals surface area contributed by atoms with Gasteiger partial charge in [0.25, 0.3) is 0 Å².